The Bertz CT molecular complexity index is 808. The molecular formula is C16H15BrN4O4. The van der Waals surface area contributed by atoms with E-state index in [1.54, 1.807) is 6.92 Å². The summed E-state index contributed by atoms with van der Waals surface area (Å²) in [6.07, 6.45) is 1.15. The molecule has 0 bridgehead atoms. The summed E-state index contributed by atoms with van der Waals surface area (Å²) >= 11 is 3.33. The number of amides is 1. The second-order valence-electron chi connectivity index (χ2n) is 5.11. The number of carbonyl (C=O) groups is 1. The molecule has 1 atom stereocenters. The summed E-state index contributed by atoms with van der Waals surface area (Å²) in [5.41, 5.74) is 3.03. The lowest BCUT2D eigenvalue weighted by Gasteiger charge is -2.13. The zero-order valence-corrected chi connectivity index (χ0v) is 14.7. The number of anilines is 1. The van der Waals surface area contributed by atoms with E-state index in [1.165, 1.54) is 12.1 Å². The SMILES string of the molecule is C[C@@H](Nc1ccc(Br)cc1)C(=O)NN=Cc1cc([N+](=O)[O-])ccc1O. The van der Waals surface area contributed by atoms with Gasteiger partial charge in [-0.15, -0.1) is 0 Å². The number of nitrogens with one attached hydrogen (secondary N) is 2. The number of hydrogen-bond acceptors (Lipinski definition) is 6. The van der Waals surface area contributed by atoms with E-state index in [0.29, 0.717) is 0 Å². The van der Waals surface area contributed by atoms with Crippen molar-refractivity contribution in [2.75, 3.05) is 5.32 Å². The summed E-state index contributed by atoms with van der Waals surface area (Å²) in [6, 6.07) is 10.3. The number of benzene rings is 2. The van der Waals surface area contributed by atoms with Gasteiger partial charge in [0.05, 0.1) is 11.1 Å². The number of hydrogen-bond donors (Lipinski definition) is 3. The molecule has 0 unspecified atom stereocenters. The number of nitro groups is 1. The third kappa shape index (κ3) is 5.28. The Kier molecular flexibility index (Phi) is 6.07. The van der Waals surface area contributed by atoms with Crippen molar-refractivity contribution in [1.29, 1.82) is 0 Å². The first-order valence-corrected chi connectivity index (χ1v) is 7.98. The van der Waals surface area contributed by atoms with Gasteiger partial charge in [-0.1, -0.05) is 15.9 Å². The monoisotopic (exact) mass is 406 g/mol. The minimum absolute atomic E-state index is 0.128. The lowest BCUT2D eigenvalue weighted by molar-refractivity contribution is -0.384. The molecule has 0 heterocycles. The van der Waals surface area contributed by atoms with Crippen LogP contribution in [-0.4, -0.2) is 28.2 Å². The molecule has 9 heteroatoms. The van der Waals surface area contributed by atoms with Crippen molar-refractivity contribution in [1.82, 2.24) is 5.43 Å². The third-order valence-electron chi connectivity index (χ3n) is 3.22. The average molecular weight is 407 g/mol. The molecule has 0 saturated carbocycles. The van der Waals surface area contributed by atoms with E-state index in [1.807, 2.05) is 24.3 Å². The first-order valence-electron chi connectivity index (χ1n) is 7.19. The predicted octanol–water partition coefficient (Wildman–Crippen LogP) is 3.01. The van der Waals surface area contributed by atoms with Gasteiger partial charge in [-0.25, -0.2) is 5.43 Å². The van der Waals surface area contributed by atoms with Gasteiger partial charge in [0.2, 0.25) is 0 Å². The van der Waals surface area contributed by atoms with E-state index in [2.05, 4.69) is 31.8 Å². The molecule has 0 fully saturated rings. The third-order valence-corrected chi connectivity index (χ3v) is 3.75. The Balaban J connectivity index is 1.96. The molecule has 8 nitrogen and oxygen atoms in total. The summed E-state index contributed by atoms with van der Waals surface area (Å²) in [7, 11) is 0. The zero-order chi connectivity index (χ0) is 18.4. The van der Waals surface area contributed by atoms with Crippen LogP contribution in [-0.2, 0) is 4.79 Å². The van der Waals surface area contributed by atoms with Crippen LogP contribution >= 0.6 is 15.9 Å². The quantitative estimate of drug-likeness (QED) is 0.387. The predicted molar refractivity (Wildman–Crippen MR) is 97.7 cm³/mol. The molecule has 2 rings (SSSR count). The molecule has 0 aromatic heterocycles. The van der Waals surface area contributed by atoms with Crippen LogP contribution in [0, 0.1) is 10.1 Å². The Hall–Kier alpha value is -2.94. The van der Waals surface area contributed by atoms with E-state index in [4.69, 9.17) is 0 Å². The fourth-order valence-corrected chi connectivity index (χ4v) is 2.15. The molecule has 0 saturated heterocycles. The number of phenols is 1. The Morgan fingerprint density at radius 3 is 2.64 bits per heavy atom. The maximum atomic E-state index is 12.0. The van der Waals surface area contributed by atoms with E-state index >= 15 is 0 Å². The molecule has 25 heavy (non-hydrogen) atoms. The highest BCUT2D eigenvalue weighted by molar-refractivity contribution is 9.10. The smallest absolute Gasteiger partial charge is 0.270 e. The molecule has 2 aromatic carbocycles. The minimum atomic E-state index is -0.584. The molecule has 2 aromatic rings. The zero-order valence-electron chi connectivity index (χ0n) is 13.1. The number of carbonyl (C=O) groups excluding carboxylic acids is 1. The van der Waals surface area contributed by atoms with Gasteiger partial charge in [0, 0.05) is 27.9 Å². The van der Waals surface area contributed by atoms with Crippen molar-refractivity contribution in [3.8, 4) is 5.75 Å². The summed E-state index contributed by atoms with van der Waals surface area (Å²) < 4.78 is 0.927. The van der Waals surface area contributed by atoms with Crippen molar-refractivity contribution >= 4 is 39.4 Å². The van der Waals surface area contributed by atoms with Crippen molar-refractivity contribution < 1.29 is 14.8 Å². The fourth-order valence-electron chi connectivity index (χ4n) is 1.88. The highest BCUT2D eigenvalue weighted by Crippen LogP contribution is 2.21. The fraction of sp³-hybridized carbons (Fsp3) is 0.125. The second-order valence-corrected chi connectivity index (χ2v) is 6.02. The number of nitrogens with zero attached hydrogens (tertiary/aromatic N) is 2. The van der Waals surface area contributed by atoms with Gasteiger partial charge in [0.25, 0.3) is 11.6 Å². The molecule has 1 amide bonds. The van der Waals surface area contributed by atoms with E-state index in [0.717, 1.165) is 22.4 Å². The molecule has 130 valence electrons. The molecule has 0 aliphatic heterocycles. The number of halogens is 1. The topological polar surface area (TPSA) is 117 Å². The van der Waals surface area contributed by atoms with Crippen LogP contribution < -0.4 is 10.7 Å². The minimum Gasteiger partial charge on any atom is -0.507 e. The number of phenolic OH excluding ortho intramolecular Hbond substituents is 1. The first-order chi connectivity index (χ1) is 11.9. The lowest BCUT2D eigenvalue weighted by Crippen LogP contribution is -2.34. The van der Waals surface area contributed by atoms with Crippen molar-refractivity contribution in [2.24, 2.45) is 5.10 Å². The van der Waals surface area contributed by atoms with E-state index in [9.17, 15) is 20.0 Å². The first kappa shape index (κ1) is 18.4. The van der Waals surface area contributed by atoms with Gasteiger partial charge in [-0.3, -0.25) is 14.9 Å². The number of nitro benzene ring substituents is 1. The Labute approximate surface area is 151 Å². The number of rotatable bonds is 6. The van der Waals surface area contributed by atoms with Gasteiger partial charge >= 0.3 is 0 Å². The van der Waals surface area contributed by atoms with Gasteiger partial charge in [0.1, 0.15) is 11.8 Å². The van der Waals surface area contributed by atoms with Crippen LogP contribution in [0.15, 0.2) is 52.0 Å². The van der Waals surface area contributed by atoms with Gasteiger partial charge in [-0.05, 0) is 37.3 Å². The molecule has 0 aliphatic rings. The van der Waals surface area contributed by atoms with Crippen LogP contribution in [0.4, 0.5) is 11.4 Å². The molecule has 0 spiro atoms. The summed E-state index contributed by atoms with van der Waals surface area (Å²) in [6.45, 7) is 1.66. The van der Waals surface area contributed by atoms with Crippen LogP contribution in [0.5, 0.6) is 5.75 Å². The van der Waals surface area contributed by atoms with E-state index < -0.39 is 16.9 Å². The highest BCUT2D eigenvalue weighted by atomic mass is 79.9. The van der Waals surface area contributed by atoms with E-state index in [-0.39, 0.29) is 17.0 Å². The largest absolute Gasteiger partial charge is 0.507 e. The van der Waals surface area contributed by atoms with Crippen LogP contribution in [0.3, 0.4) is 0 Å². The van der Waals surface area contributed by atoms with Crippen LogP contribution in [0.25, 0.3) is 0 Å². The molecule has 0 radical (unpaired) electrons. The number of hydrazone groups is 1. The number of non-ortho nitro benzene ring substituents is 1. The highest BCUT2D eigenvalue weighted by Gasteiger charge is 2.12. The summed E-state index contributed by atoms with van der Waals surface area (Å²) in [5, 5.41) is 27.1. The average Bonchev–Trinajstić information content (AvgIpc) is 2.58. The standard InChI is InChI=1S/C16H15BrN4O4/c1-10(19-13-4-2-12(17)3-5-13)16(23)20-18-9-11-8-14(21(24)25)6-7-15(11)22/h2-10,19,22H,1H3,(H,20,23)/t10-/m1/s1. The lowest BCUT2D eigenvalue weighted by atomic mass is 10.2. The van der Waals surface area contributed by atoms with Crippen LogP contribution in [0.1, 0.15) is 12.5 Å². The molecular weight excluding hydrogens is 392 g/mol. The second kappa shape index (κ2) is 8.25. The van der Waals surface area contributed by atoms with Gasteiger partial charge in [-0.2, -0.15) is 5.10 Å². The van der Waals surface area contributed by atoms with Gasteiger partial charge in [0.15, 0.2) is 0 Å². The maximum Gasteiger partial charge on any atom is 0.270 e. The summed E-state index contributed by atoms with van der Waals surface area (Å²) in [5.74, 6) is -0.575. The number of aromatic hydroxyl groups is 1. The summed E-state index contributed by atoms with van der Waals surface area (Å²) in [4.78, 5) is 22.1. The normalized spacial score (nSPS) is 11.9. The van der Waals surface area contributed by atoms with Gasteiger partial charge < -0.3 is 10.4 Å². The van der Waals surface area contributed by atoms with Crippen molar-refractivity contribution in [3.05, 3.63) is 62.6 Å². The molecule has 0 aliphatic carbocycles. The Morgan fingerprint density at radius 1 is 1.32 bits per heavy atom. The van der Waals surface area contributed by atoms with Crippen molar-refractivity contribution in [2.45, 2.75) is 13.0 Å². The molecule has 3 N–H and O–H groups in total. The van der Waals surface area contributed by atoms with Crippen molar-refractivity contribution in [3.63, 3.8) is 0 Å². The van der Waals surface area contributed by atoms with Crippen LogP contribution in [0.2, 0.25) is 0 Å². The maximum absolute atomic E-state index is 12.0. The Morgan fingerprint density at radius 2 is 2.00 bits per heavy atom.